The Morgan fingerprint density at radius 2 is 1.56 bits per heavy atom. The number of hydrogen-bond donors (Lipinski definition) is 2. The highest BCUT2D eigenvalue weighted by Crippen LogP contribution is 2.46. The molecule has 1 saturated carbocycles. The van der Waals surface area contributed by atoms with Crippen LogP contribution in [-0.4, -0.2) is 54.4 Å². The van der Waals surface area contributed by atoms with Crippen molar-refractivity contribution < 1.29 is 31.9 Å². The number of alkyl halides is 3. The number of nitrogens with one attached hydrogen (secondary N) is 1. The summed E-state index contributed by atoms with van der Waals surface area (Å²) in [6.45, 7) is -1.17. The van der Waals surface area contributed by atoms with E-state index in [-0.39, 0.29) is 32.0 Å². The van der Waals surface area contributed by atoms with Crippen LogP contribution < -0.4 is 5.32 Å². The van der Waals surface area contributed by atoms with Gasteiger partial charge in [0.25, 0.3) is 0 Å². The molecular formula is C27H31F5N2O2. The molecule has 1 saturated heterocycles. The minimum absolute atomic E-state index is 0.0958. The SMILES string of the molecule is O=C(NCC(Cc1ccc(F)cc1)N1CCC(CO)(C(F)(F)F)C1)C1(c2ccc(F)cc2)CCCC1. The average Bonchev–Trinajstić information content (AvgIpc) is 3.52. The number of halogens is 5. The van der Waals surface area contributed by atoms with Gasteiger partial charge in [-0.25, -0.2) is 8.78 Å². The molecule has 0 spiro atoms. The van der Waals surface area contributed by atoms with E-state index in [0.29, 0.717) is 19.3 Å². The first kappa shape index (κ1) is 26.5. The van der Waals surface area contributed by atoms with Crippen LogP contribution >= 0.6 is 0 Å². The zero-order valence-corrected chi connectivity index (χ0v) is 20.0. The normalized spacial score (nSPS) is 23.1. The lowest BCUT2D eigenvalue weighted by molar-refractivity contribution is -0.230. The third-order valence-electron chi connectivity index (χ3n) is 7.98. The van der Waals surface area contributed by atoms with Gasteiger partial charge in [-0.05, 0) is 67.6 Å². The lowest BCUT2D eigenvalue weighted by Gasteiger charge is -2.34. The third-order valence-corrected chi connectivity index (χ3v) is 7.98. The van der Waals surface area contributed by atoms with E-state index in [0.717, 1.165) is 24.0 Å². The van der Waals surface area contributed by atoms with Crippen molar-refractivity contribution in [3.63, 3.8) is 0 Å². The Morgan fingerprint density at radius 3 is 2.08 bits per heavy atom. The number of aliphatic hydroxyl groups is 1. The number of benzene rings is 2. The van der Waals surface area contributed by atoms with Crippen molar-refractivity contribution >= 4 is 5.91 Å². The quantitative estimate of drug-likeness (QED) is 0.504. The van der Waals surface area contributed by atoms with Crippen LogP contribution in [0.25, 0.3) is 0 Å². The van der Waals surface area contributed by atoms with E-state index >= 15 is 0 Å². The summed E-state index contributed by atoms with van der Waals surface area (Å²) in [5, 5.41) is 12.6. The van der Waals surface area contributed by atoms with Gasteiger partial charge in [0.15, 0.2) is 0 Å². The number of aliphatic hydroxyl groups excluding tert-OH is 1. The van der Waals surface area contributed by atoms with E-state index in [1.165, 1.54) is 24.3 Å². The molecule has 2 aromatic carbocycles. The van der Waals surface area contributed by atoms with Crippen molar-refractivity contribution in [2.24, 2.45) is 5.41 Å². The van der Waals surface area contributed by atoms with Crippen LogP contribution in [-0.2, 0) is 16.6 Å². The second-order valence-corrected chi connectivity index (χ2v) is 10.1. The van der Waals surface area contributed by atoms with Crippen LogP contribution in [0.3, 0.4) is 0 Å². The summed E-state index contributed by atoms with van der Waals surface area (Å²) in [6.07, 6.45) is -1.57. The summed E-state index contributed by atoms with van der Waals surface area (Å²) in [5.74, 6) is -1.03. The lowest BCUT2D eigenvalue weighted by atomic mass is 9.78. The van der Waals surface area contributed by atoms with Crippen molar-refractivity contribution in [2.75, 3.05) is 26.2 Å². The van der Waals surface area contributed by atoms with Crippen LogP contribution in [0.4, 0.5) is 22.0 Å². The van der Waals surface area contributed by atoms with E-state index in [2.05, 4.69) is 5.32 Å². The fraction of sp³-hybridized carbons (Fsp3) is 0.519. The highest BCUT2D eigenvalue weighted by atomic mass is 19.4. The summed E-state index contributed by atoms with van der Waals surface area (Å²) >= 11 is 0. The zero-order chi connectivity index (χ0) is 26.0. The fourth-order valence-corrected chi connectivity index (χ4v) is 5.66. The Kier molecular flexibility index (Phi) is 7.71. The molecule has 2 N–H and O–H groups in total. The molecule has 196 valence electrons. The minimum atomic E-state index is -4.56. The van der Waals surface area contributed by atoms with Gasteiger partial charge >= 0.3 is 6.18 Å². The first-order valence-electron chi connectivity index (χ1n) is 12.3. The second-order valence-electron chi connectivity index (χ2n) is 10.1. The number of hydrogen-bond acceptors (Lipinski definition) is 3. The Hall–Kier alpha value is -2.52. The van der Waals surface area contributed by atoms with Gasteiger partial charge in [-0.3, -0.25) is 9.69 Å². The van der Waals surface area contributed by atoms with Gasteiger partial charge in [-0.1, -0.05) is 37.1 Å². The van der Waals surface area contributed by atoms with Gasteiger partial charge in [0.2, 0.25) is 5.91 Å². The number of carbonyl (C=O) groups is 1. The van der Waals surface area contributed by atoms with Crippen LogP contribution in [0.15, 0.2) is 48.5 Å². The molecule has 1 aliphatic carbocycles. The van der Waals surface area contributed by atoms with Gasteiger partial charge in [0.05, 0.1) is 12.0 Å². The van der Waals surface area contributed by atoms with Crippen LogP contribution in [0, 0.1) is 17.0 Å². The molecule has 2 aliphatic rings. The summed E-state index contributed by atoms with van der Waals surface area (Å²) in [5.41, 5.74) is -1.55. The van der Waals surface area contributed by atoms with Gasteiger partial charge in [-0.2, -0.15) is 13.2 Å². The molecular weight excluding hydrogens is 479 g/mol. The van der Waals surface area contributed by atoms with E-state index in [9.17, 15) is 31.9 Å². The molecule has 36 heavy (non-hydrogen) atoms. The smallest absolute Gasteiger partial charge is 0.395 e. The molecule has 2 fully saturated rings. The molecule has 0 bridgehead atoms. The number of likely N-dealkylation sites (tertiary alicyclic amines) is 1. The number of carbonyl (C=O) groups excluding carboxylic acids is 1. The minimum Gasteiger partial charge on any atom is -0.395 e. The maximum atomic E-state index is 13.8. The summed E-state index contributed by atoms with van der Waals surface area (Å²) < 4.78 is 68.3. The monoisotopic (exact) mass is 510 g/mol. The topological polar surface area (TPSA) is 52.6 Å². The zero-order valence-electron chi connectivity index (χ0n) is 20.0. The fourth-order valence-electron chi connectivity index (χ4n) is 5.66. The van der Waals surface area contributed by atoms with Crippen molar-refractivity contribution in [3.05, 3.63) is 71.3 Å². The molecule has 2 atom stereocenters. The molecule has 4 rings (SSSR count). The molecule has 1 aliphatic heterocycles. The van der Waals surface area contributed by atoms with Crippen molar-refractivity contribution in [1.29, 1.82) is 0 Å². The Bertz CT molecular complexity index is 1040. The Balaban J connectivity index is 1.54. The van der Waals surface area contributed by atoms with Gasteiger partial charge < -0.3 is 10.4 Å². The molecule has 4 nitrogen and oxygen atoms in total. The highest BCUT2D eigenvalue weighted by Gasteiger charge is 2.58. The molecule has 1 amide bonds. The Labute approximate surface area is 207 Å². The molecule has 1 heterocycles. The maximum Gasteiger partial charge on any atom is 0.397 e. The lowest BCUT2D eigenvalue weighted by Crippen LogP contribution is -2.51. The molecule has 2 aromatic rings. The van der Waals surface area contributed by atoms with E-state index in [4.69, 9.17) is 0 Å². The second kappa shape index (κ2) is 10.5. The third kappa shape index (κ3) is 5.27. The largest absolute Gasteiger partial charge is 0.397 e. The molecule has 9 heteroatoms. The van der Waals surface area contributed by atoms with E-state index in [1.54, 1.807) is 29.2 Å². The van der Waals surface area contributed by atoms with Gasteiger partial charge in [0.1, 0.15) is 17.0 Å². The number of nitrogens with zero attached hydrogens (tertiary/aromatic N) is 1. The summed E-state index contributed by atoms with van der Waals surface area (Å²) in [4.78, 5) is 15.2. The summed E-state index contributed by atoms with van der Waals surface area (Å²) in [7, 11) is 0. The summed E-state index contributed by atoms with van der Waals surface area (Å²) in [6, 6.07) is 11.2. The molecule has 0 aromatic heterocycles. The first-order valence-corrected chi connectivity index (χ1v) is 12.3. The Morgan fingerprint density at radius 1 is 0.972 bits per heavy atom. The van der Waals surface area contributed by atoms with Crippen LogP contribution in [0.2, 0.25) is 0 Å². The van der Waals surface area contributed by atoms with Gasteiger partial charge in [0, 0.05) is 19.1 Å². The van der Waals surface area contributed by atoms with E-state index in [1.807, 2.05) is 0 Å². The van der Waals surface area contributed by atoms with Gasteiger partial charge in [-0.15, -0.1) is 0 Å². The number of amides is 1. The van der Waals surface area contributed by atoms with E-state index < -0.39 is 41.3 Å². The standard InChI is InChI=1S/C27H31F5N2O2/c28-21-7-3-19(4-8-21)15-23(34-14-13-25(17-34,18-35)27(30,31)32)16-33-24(36)26(11-1-2-12-26)20-5-9-22(29)10-6-20/h3-10,23,35H,1-2,11-18H2,(H,33,36). The van der Waals surface area contributed by atoms with Crippen molar-refractivity contribution in [2.45, 2.75) is 56.2 Å². The van der Waals surface area contributed by atoms with Crippen molar-refractivity contribution in [1.82, 2.24) is 10.2 Å². The highest BCUT2D eigenvalue weighted by molar-refractivity contribution is 5.88. The predicted octanol–water partition coefficient (Wildman–Crippen LogP) is 4.75. The first-order chi connectivity index (χ1) is 17.1. The predicted molar refractivity (Wildman–Crippen MR) is 125 cm³/mol. The van der Waals surface area contributed by atoms with Crippen molar-refractivity contribution in [3.8, 4) is 0 Å². The van der Waals surface area contributed by atoms with Crippen LogP contribution in [0.5, 0.6) is 0 Å². The van der Waals surface area contributed by atoms with Crippen LogP contribution in [0.1, 0.15) is 43.2 Å². The average molecular weight is 511 g/mol. The molecule has 0 radical (unpaired) electrons. The maximum absolute atomic E-state index is 13.8. The molecule has 2 unspecified atom stereocenters. The number of rotatable bonds is 8.